The van der Waals surface area contributed by atoms with Crippen molar-refractivity contribution in [1.82, 2.24) is 4.90 Å². The standard InChI is InChI=1S/C16H14FNO2/c17-14-7-4-8-15-13(14)9-18(11-19)10-16(20-15)12-5-2-1-3-6-12/h1-8,11,16H,9-10H2. The summed E-state index contributed by atoms with van der Waals surface area (Å²) in [6.45, 7) is 0.635. The van der Waals surface area contributed by atoms with Gasteiger partial charge in [0.15, 0.2) is 0 Å². The first-order valence-electron chi connectivity index (χ1n) is 6.46. The van der Waals surface area contributed by atoms with Crippen LogP contribution in [0, 0.1) is 5.82 Å². The van der Waals surface area contributed by atoms with Crippen LogP contribution in [0.2, 0.25) is 0 Å². The normalized spacial score (nSPS) is 17.9. The Balaban J connectivity index is 2.01. The van der Waals surface area contributed by atoms with Crippen LogP contribution in [-0.4, -0.2) is 17.9 Å². The number of ether oxygens (including phenoxy) is 1. The fraction of sp³-hybridized carbons (Fsp3) is 0.188. The predicted octanol–water partition coefficient (Wildman–Crippen LogP) is 2.92. The zero-order valence-corrected chi connectivity index (χ0v) is 10.8. The van der Waals surface area contributed by atoms with E-state index < -0.39 is 0 Å². The highest BCUT2D eigenvalue weighted by Gasteiger charge is 2.25. The van der Waals surface area contributed by atoms with Crippen LogP contribution >= 0.6 is 0 Å². The third-order valence-electron chi connectivity index (χ3n) is 3.43. The third kappa shape index (κ3) is 2.37. The van der Waals surface area contributed by atoms with Crippen LogP contribution in [0.4, 0.5) is 4.39 Å². The molecule has 1 amide bonds. The minimum absolute atomic E-state index is 0.231. The number of benzene rings is 2. The van der Waals surface area contributed by atoms with Crippen molar-refractivity contribution >= 4 is 6.41 Å². The van der Waals surface area contributed by atoms with Gasteiger partial charge in [0, 0.05) is 5.56 Å². The zero-order valence-electron chi connectivity index (χ0n) is 10.8. The van der Waals surface area contributed by atoms with Crippen LogP contribution in [0.15, 0.2) is 48.5 Å². The van der Waals surface area contributed by atoms with Gasteiger partial charge in [0.25, 0.3) is 0 Å². The molecule has 1 heterocycles. The van der Waals surface area contributed by atoms with E-state index in [9.17, 15) is 9.18 Å². The quantitative estimate of drug-likeness (QED) is 0.786. The molecule has 0 saturated heterocycles. The SMILES string of the molecule is O=CN1Cc2c(F)cccc2OC(c2ccccc2)C1. The van der Waals surface area contributed by atoms with Gasteiger partial charge in [-0.05, 0) is 17.7 Å². The molecule has 1 aliphatic heterocycles. The van der Waals surface area contributed by atoms with E-state index in [-0.39, 0.29) is 18.5 Å². The second kappa shape index (κ2) is 5.33. The first-order chi connectivity index (χ1) is 9.78. The van der Waals surface area contributed by atoms with Crippen molar-refractivity contribution in [3.05, 3.63) is 65.5 Å². The van der Waals surface area contributed by atoms with Gasteiger partial charge in [-0.25, -0.2) is 4.39 Å². The highest BCUT2D eigenvalue weighted by Crippen LogP contribution is 2.31. The maximum Gasteiger partial charge on any atom is 0.210 e. The molecule has 0 saturated carbocycles. The predicted molar refractivity (Wildman–Crippen MR) is 72.7 cm³/mol. The molecule has 2 aromatic carbocycles. The van der Waals surface area contributed by atoms with Gasteiger partial charge in [-0.1, -0.05) is 36.4 Å². The Hall–Kier alpha value is -2.36. The fourth-order valence-electron chi connectivity index (χ4n) is 2.40. The zero-order chi connectivity index (χ0) is 13.9. The monoisotopic (exact) mass is 271 g/mol. The molecule has 0 aromatic heterocycles. The molecule has 0 radical (unpaired) electrons. The highest BCUT2D eigenvalue weighted by molar-refractivity contribution is 5.49. The number of halogens is 1. The smallest absolute Gasteiger partial charge is 0.210 e. The molecule has 102 valence electrons. The molecular formula is C16H14FNO2. The molecule has 3 rings (SSSR count). The summed E-state index contributed by atoms with van der Waals surface area (Å²) in [4.78, 5) is 12.7. The van der Waals surface area contributed by atoms with Crippen LogP contribution < -0.4 is 4.74 Å². The molecule has 0 spiro atoms. The molecule has 20 heavy (non-hydrogen) atoms. The number of nitrogens with zero attached hydrogens (tertiary/aromatic N) is 1. The molecule has 1 aliphatic rings. The maximum atomic E-state index is 13.9. The third-order valence-corrected chi connectivity index (χ3v) is 3.43. The first kappa shape index (κ1) is 12.7. The van der Waals surface area contributed by atoms with Crippen LogP contribution in [0.25, 0.3) is 0 Å². The lowest BCUT2D eigenvalue weighted by molar-refractivity contribution is -0.119. The molecular weight excluding hydrogens is 257 g/mol. The minimum atomic E-state index is -0.344. The van der Waals surface area contributed by atoms with Crippen molar-refractivity contribution < 1.29 is 13.9 Å². The number of amides is 1. The van der Waals surface area contributed by atoms with Gasteiger partial charge in [-0.3, -0.25) is 4.79 Å². The van der Waals surface area contributed by atoms with E-state index in [0.29, 0.717) is 17.9 Å². The Kier molecular flexibility index (Phi) is 3.37. The van der Waals surface area contributed by atoms with E-state index in [1.165, 1.54) is 11.0 Å². The van der Waals surface area contributed by atoms with Gasteiger partial charge >= 0.3 is 0 Å². The van der Waals surface area contributed by atoms with Gasteiger partial charge in [-0.2, -0.15) is 0 Å². The van der Waals surface area contributed by atoms with Crippen molar-refractivity contribution in [3.63, 3.8) is 0 Å². The van der Waals surface area contributed by atoms with Crippen LogP contribution in [0.3, 0.4) is 0 Å². The van der Waals surface area contributed by atoms with Gasteiger partial charge in [0.05, 0.1) is 13.1 Å². The second-order valence-corrected chi connectivity index (χ2v) is 4.77. The molecule has 1 atom stereocenters. The summed E-state index contributed by atoms with van der Waals surface area (Å²) >= 11 is 0. The molecule has 0 bridgehead atoms. The first-order valence-corrected chi connectivity index (χ1v) is 6.46. The van der Waals surface area contributed by atoms with E-state index in [4.69, 9.17) is 4.74 Å². The lowest BCUT2D eigenvalue weighted by Gasteiger charge is -2.20. The Morgan fingerprint density at radius 1 is 1.15 bits per heavy atom. The van der Waals surface area contributed by atoms with Crippen molar-refractivity contribution in [2.75, 3.05) is 6.54 Å². The highest BCUT2D eigenvalue weighted by atomic mass is 19.1. The number of hydrogen-bond donors (Lipinski definition) is 0. The Morgan fingerprint density at radius 3 is 2.70 bits per heavy atom. The number of fused-ring (bicyclic) bond motifs is 1. The summed E-state index contributed by atoms with van der Waals surface area (Å²) < 4.78 is 19.8. The Bertz CT molecular complexity index is 615. The van der Waals surface area contributed by atoms with Gasteiger partial charge in [0.2, 0.25) is 6.41 Å². The maximum absolute atomic E-state index is 13.9. The van der Waals surface area contributed by atoms with Crippen molar-refractivity contribution in [2.45, 2.75) is 12.6 Å². The molecule has 2 aromatic rings. The topological polar surface area (TPSA) is 29.5 Å². The average Bonchev–Trinajstić information content (AvgIpc) is 2.68. The van der Waals surface area contributed by atoms with Crippen LogP contribution in [0.5, 0.6) is 5.75 Å². The molecule has 3 nitrogen and oxygen atoms in total. The molecule has 1 unspecified atom stereocenters. The fourth-order valence-corrected chi connectivity index (χ4v) is 2.40. The van der Waals surface area contributed by atoms with E-state index in [0.717, 1.165) is 12.0 Å². The van der Waals surface area contributed by atoms with E-state index in [1.54, 1.807) is 12.1 Å². The van der Waals surface area contributed by atoms with Crippen molar-refractivity contribution in [3.8, 4) is 5.75 Å². The second-order valence-electron chi connectivity index (χ2n) is 4.77. The van der Waals surface area contributed by atoms with Gasteiger partial charge < -0.3 is 9.64 Å². The van der Waals surface area contributed by atoms with Crippen LogP contribution in [0.1, 0.15) is 17.2 Å². The minimum Gasteiger partial charge on any atom is -0.483 e. The van der Waals surface area contributed by atoms with E-state index >= 15 is 0 Å². The average molecular weight is 271 g/mol. The number of hydrogen-bond acceptors (Lipinski definition) is 2. The Morgan fingerprint density at radius 2 is 1.95 bits per heavy atom. The number of carbonyl (C=O) groups excluding carboxylic acids is 1. The summed E-state index contributed by atoms with van der Waals surface area (Å²) in [5, 5.41) is 0. The van der Waals surface area contributed by atoms with Crippen LogP contribution in [-0.2, 0) is 11.3 Å². The molecule has 0 aliphatic carbocycles. The summed E-state index contributed by atoms with van der Waals surface area (Å²) in [6, 6.07) is 14.4. The summed E-state index contributed by atoms with van der Waals surface area (Å²) in [6.07, 6.45) is 0.449. The van der Waals surface area contributed by atoms with Gasteiger partial charge in [-0.15, -0.1) is 0 Å². The summed E-state index contributed by atoms with van der Waals surface area (Å²) in [5.74, 6) is 0.159. The van der Waals surface area contributed by atoms with Gasteiger partial charge in [0.1, 0.15) is 17.7 Å². The number of rotatable bonds is 2. The van der Waals surface area contributed by atoms with Crippen molar-refractivity contribution in [1.29, 1.82) is 0 Å². The van der Waals surface area contributed by atoms with Crippen molar-refractivity contribution in [2.24, 2.45) is 0 Å². The van der Waals surface area contributed by atoms with E-state index in [1.807, 2.05) is 30.3 Å². The lowest BCUT2D eigenvalue weighted by Crippen LogP contribution is -2.26. The molecule has 4 heteroatoms. The lowest BCUT2D eigenvalue weighted by atomic mass is 10.1. The largest absolute Gasteiger partial charge is 0.483 e. The summed E-state index contributed by atoms with van der Waals surface area (Å²) in [7, 11) is 0. The molecule has 0 fully saturated rings. The Labute approximate surface area is 116 Å². The number of carbonyl (C=O) groups is 1. The molecule has 0 N–H and O–H groups in total. The van der Waals surface area contributed by atoms with E-state index in [2.05, 4.69) is 0 Å². The summed E-state index contributed by atoms with van der Waals surface area (Å²) in [5.41, 5.74) is 1.40.